The highest BCUT2D eigenvalue weighted by atomic mass is 16.3. The molecule has 3 nitrogen and oxygen atoms in total. The van der Waals surface area contributed by atoms with Gasteiger partial charge in [0.15, 0.2) is 0 Å². The Morgan fingerprint density at radius 3 is 2.56 bits per heavy atom. The van der Waals surface area contributed by atoms with Crippen LogP contribution in [0.15, 0.2) is 0 Å². The number of aliphatic hydroxyl groups is 1. The molecule has 0 aromatic rings. The number of hydrogen-bond donors (Lipinski definition) is 2. The second-order valence-electron chi connectivity index (χ2n) is 6.40. The molecule has 3 N–H and O–H groups in total. The second kappa shape index (κ2) is 5.48. The minimum atomic E-state index is -0.104. The van der Waals surface area contributed by atoms with Gasteiger partial charge in [0.1, 0.15) is 0 Å². The van der Waals surface area contributed by atoms with Gasteiger partial charge in [-0.3, -0.25) is 0 Å². The lowest BCUT2D eigenvalue weighted by atomic mass is 9.85. The van der Waals surface area contributed by atoms with Crippen LogP contribution in [0.2, 0.25) is 0 Å². The summed E-state index contributed by atoms with van der Waals surface area (Å²) in [5.41, 5.74) is 6.35. The number of rotatable bonds is 3. The third-order valence-electron chi connectivity index (χ3n) is 3.81. The van der Waals surface area contributed by atoms with Crippen LogP contribution in [0.4, 0.5) is 0 Å². The molecule has 16 heavy (non-hydrogen) atoms. The highest BCUT2D eigenvalue weighted by molar-refractivity contribution is 4.81. The van der Waals surface area contributed by atoms with E-state index in [-0.39, 0.29) is 17.6 Å². The topological polar surface area (TPSA) is 49.5 Å². The van der Waals surface area contributed by atoms with E-state index in [2.05, 4.69) is 32.6 Å². The van der Waals surface area contributed by atoms with Crippen molar-refractivity contribution >= 4 is 0 Å². The molecule has 1 heterocycles. The first-order valence-electron chi connectivity index (χ1n) is 6.46. The van der Waals surface area contributed by atoms with Crippen molar-refractivity contribution in [3.05, 3.63) is 0 Å². The molecule has 96 valence electrons. The van der Waals surface area contributed by atoms with Crippen molar-refractivity contribution in [1.29, 1.82) is 0 Å². The fourth-order valence-corrected chi connectivity index (χ4v) is 2.18. The first-order valence-corrected chi connectivity index (χ1v) is 6.46. The van der Waals surface area contributed by atoms with E-state index in [1.165, 1.54) is 0 Å². The summed E-state index contributed by atoms with van der Waals surface area (Å²) in [5, 5.41) is 9.65. The molecule has 3 unspecified atom stereocenters. The van der Waals surface area contributed by atoms with Crippen LogP contribution in [-0.2, 0) is 0 Å². The normalized spacial score (nSPS) is 30.4. The maximum atomic E-state index is 9.65. The quantitative estimate of drug-likeness (QED) is 0.769. The van der Waals surface area contributed by atoms with Crippen LogP contribution >= 0.6 is 0 Å². The molecule has 0 spiro atoms. The zero-order valence-electron chi connectivity index (χ0n) is 11.2. The summed E-state index contributed by atoms with van der Waals surface area (Å²) in [6.45, 7) is 11.8. The molecule has 1 saturated heterocycles. The van der Waals surface area contributed by atoms with Gasteiger partial charge in [-0.1, -0.05) is 27.7 Å². The number of nitrogens with two attached hydrogens (primary N) is 1. The van der Waals surface area contributed by atoms with Crippen LogP contribution in [-0.4, -0.2) is 41.8 Å². The second-order valence-corrected chi connectivity index (χ2v) is 6.40. The first-order chi connectivity index (χ1) is 7.30. The fourth-order valence-electron chi connectivity index (χ4n) is 2.18. The first kappa shape index (κ1) is 13.9. The summed E-state index contributed by atoms with van der Waals surface area (Å²) in [4.78, 5) is 2.43. The lowest BCUT2D eigenvalue weighted by Gasteiger charge is -2.36. The molecule has 1 rings (SSSR count). The van der Waals surface area contributed by atoms with Crippen molar-refractivity contribution in [2.24, 2.45) is 17.1 Å². The molecule has 1 fully saturated rings. The SMILES string of the molecule is CC1CN(CCC(N)C(C)(C)C)CCC1O. The Balaban J connectivity index is 2.29. The molecule has 1 aliphatic heterocycles. The van der Waals surface area contributed by atoms with E-state index in [0.29, 0.717) is 5.92 Å². The number of nitrogens with zero attached hydrogens (tertiary/aromatic N) is 1. The van der Waals surface area contributed by atoms with E-state index in [9.17, 15) is 5.11 Å². The molecule has 3 heteroatoms. The minimum absolute atomic E-state index is 0.104. The third-order valence-corrected chi connectivity index (χ3v) is 3.81. The van der Waals surface area contributed by atoms with E-state index in [1.807, 2.05) is 0 Å². The van der Waals surface area contributed by atoms with E-state index >= 15 is 0 Å². The Labute approximate surface area is 100 Å². The molecular formula is C13H28N2O. The number of hydrogen-bond acceptors (Lipinski definition) is 3. The number of likely N-dealkylation sites (tertiary alicyclic amines) is 1. The maximum absolute atomic E-state index is 9.65. The summed E-state index contributed by atoms with van der Waals surface area (Å²) >= 11 is 0. The summed E-state index contributed by atoms with van der Waals surface area (Å²) in [5.74, 6) is 0.402. The third kappa shape index (κ3) is 4.04. The smallest absolute Gasteiger partial charge is 0.0590 e. The van der Waals surface area contributed by atoms with Gasteiger partial charge in [0.25, 0.3) is 0 Å². The van der Waals surface area contributed by atoms with E-state index < -0.39 is 0 Å². The molecule has 0 bridgehead atoms. The summed E-state index contributed by atoms with van der Waals surface area (Å²) < 4.78 is 0. The highest BCUT2D eigenvalue weighted by Gasteiger charge is 2.26. The largest absolute Gasteiger partial charge is 0.393 e. The van der Waals surface area contributed by atoms with Gasteiger partial charge in [0.2, 0.25) is 0 Å². The van der Waals surface area contributed by atoms with Gasteiger partial charge >= 0.3 is 0 Å². The standard InChI is InChI=1S/C13H28N2O/c1-10-9-15(7-5-11(10)16)8-6-12(14)13(2,3)4/h10-12,16H,5-9,14H2,1-4H3. The molecule has 3 atom stereocenters. The number of piperidine rings is 1. The van der Waals surface area contributed by atoms with Crippen molar-refractivity contribution in [2.45, 2.75) is 52.7 Å². The Kier molecular flexibility index (Phi) is 4.77. The van der Waals surface area contributed by atoms with Crippen LogP contribution in [0, 0.1) is 11.3 Å². The monoisotopic (exact) mass is 228 g/mol. The summed E-state index contributed by atoms with van der Waals surface area (Å²) in [6, 6.07) is 0.259. The molecule has 0 aromatic heterocycles. The summed E-state index contributed by atoms with van der Waals surface area (Å²) in [6.07, 6.45) is 1.85. The molecule has 0 saturated carbocycles. The minimum Gasteiger partial charge on any atom is -0.393 e. The van der Waals surface area contributed by atoms with Gasteiger partial charge in [0, 0.05) is 19.1 Å². The van der Waals surface area contributed by atoms with Crippen LogP contribution < -0.4 is 5.73 Å². The predicted octanol–water partition coefficient (Wildman–Crippen LogP) is 1.45. The van der Waals surface area contributed by atoms with Crippen LogP contribution in [0.25, 0.3) is 0 Å². The van der Waals surface area contributed by atoms with Crippen molar-refractivity contribution < 1.29 is 5.11 Å². The van der Waals surface area contributed by atoms with Crippen molar-refractivity contribution in [2.75, 3.05) is 19.6 Å². The van der Waals surface area contributed by atoms with Gasteiger partial charge in [-0.05, 0) is 30.7 Å². The Morgan fingerprint density at radius 2 is 2.06 bits per heavy atom. The lowest BCUT2D eigenvalue weighted by Crippen LogP contribution is -2.45. The van der Waals surface area contributed by atoms with Gasteiger partial charge in [-0.15, -0.1) is 0 Å². The van der Waals surface area contributed by atoms with Crippen molar-refractivity contribution in [3.63, 3.8) is 0 Å². The molecule has 0 aromatic carbocycles. The lowest BCUT2D eigenvalue weighted by molar-refractivity contribution is 0.0328. The fraction of sp³-hybridized carbons (Fsp3) is 1.00. The highest BCUT2D eigenvalue weighted by Crippen LogP contribution is 2.21. The maximum Gasteiger partial charge on any atom is 0.0590 e. The van der Waals surface area contributed by atoms with E-state index in [1.54, 1.807) is 0 Å². The van der Waals surface area contributed by atoms with Crippen molar-refractivity contribution in [1.82, 2.24) is 4.90 Å². The van der Waals surface area contributed by atoms with Gasteiger partial charge < -0.3 is 15.7 Å². The van der Waals surface area contributed by atoms with Crippen molar-refractivity contribution in [3.8, 4) is 0 Å². The van der Waals surface area contributed by atoms with Crippen LogP contribution in [0.5, 0.6) is 0 Å². The molecule has 0 radical (unpaired) electrons. The Morgan fingerprint density at radius 1 is 1.44 bits per heavy atom. The van der Waals surface area contributed by atoms with Gasteiger partial charge in [-0.2, -0.15) is 0 Å². The Bertz CT molecular complexity index is 212. The molecular weight excluding hydrogens is 200 g/mol. The van der Waals surface area contributed by atoms with Crippen LogP contribution in [0.3, 0.4) is 0 Å². The molecule has 0 aliphatic carbocycles. The van der Waals surface area contributed by atoms with Gasteiger partial charge in [0.05, 0.1) is 6.10 Å². The number of aliphatic hydroxyl groups excluding tert-OH is 1. The van der Waals surface area contributed by atoms with E-state index in [0.717, 1.165) is 32.5 Å². The molecule has 1 aliphatic rings. The zero-order valence-corrected chi connectivity index (χ0v) is 11.2. The average molecular weight is 228 g/mol. The summed E-state index contributed by atoms with van der Waals surface area (Å²) in [7, 11) is 0. The van der Waals surface area contributed by atoms with E-state index in [4.69, 9.17) is 5.73 Å². The van der Waals surface area contributed by atoms with Crippen LogP contribution in [0.1, 0.15) is 40.5 Å². The Hall–Kier alpha value is -0.120. The predicted molar refractivity (Wildman–Crippen MR) is 68.3 cm³/mol. The average Bonchev–Trinajstić information content (AvgIpc) is 2.18. The molecule has 0 amide bonds. The zero-order chi connectivity index (χ0) is 12.3. The van der Waals surface area contributed by atoms with Gasteiger partial charge in [-0.25, -0.2) is 0 Å².